The predicted molar refractivity (Wildman–Crippen MR) is 120 cm³/mol. The van der Waals surface area contributed by atoms with Gasteiger partial charge in [0.15, 0.2) is 0 Å². The van der Waals surface area contributed by atoms with Gasteiger partial charge in [-0.1, -0.05) is 30.3 Å². The van der Waals surface area contributed by atoms with E-state index in [0.29, 0.717) is 24.3 Å². The summed E-state index contributed by atoms with van der Waals surface area (Å²) in [7, 11) is 0. The van der Waals surface area contributed by atoms with Gasteiger partial charge in [-0.15, -0.1) is 0 Å². The molecule has 3 unspecified atom stereocenters. The van der Waals surface area contributed by atoms with Crippen molar-refractivity contribution in [1.29, 1.82) is 0 Å². The Morgan fingerprint density at radius 1 is 1.13 bits per heavy atom. The van der Waals surface area contributed by atoms with E-state index in [-0.39, 0.29) is 5.92 Å². The van der Waals surface area contributed by atoms with Crippen LogP contribution in [-0.2, 0) is 16.0 Å². The Hall–Kier alpha value is -1.65. The van der Waals surface area contributed by atoms with Crippen molar-refractivity contribution in [3.63, 3.8) is 0 Å². The van der Waals surface area contributed by atoms with Gasteiger partial charge >= 0.3 is 0 Å². The lowest BCUT2D eigenvalue weighted by Gasteiger charge is -2.26. The Bertz CT molecular complexity index is 781. The molecule has 0 radical (unpaired) electrons. The number of hydrogen-bond donors (Lipinski definition) is 0. The number of allylic oxidation sites excluding steroid dienone is 1. The third kappa shape index (κ3) is 4.09. The maximum absolute atomic E-state index is 12.9. The van der Waals surface area contributed by atoms with Crippen molar-refractivity contribution in [2.45, 2.75) is 51.5 Å². The maximum Gasteiger partial charge on any atom is 0.228 e. The van der Waals surface area contributed by atoms with Crippen LogP contribution in [0.1, 0.15) is 50.2 Å². The molecule has 3 heterocycles. The van der Waals surface area contributed by atoms with E-state index in [2.05, 4.69) is 47.1 Å². The smallest absolute Gasteiger partial charge is 0.228 e. The second kappa shape index (κ2) is 8.84. The molecule has 0 bridgehead atoms. The summed E-state index contributed by atoms with van der Waals surface area (Å²) in [6, 6.07) is 10.1. The second-order valence-corrected chi connectivity index (χ2v) is 9.88. The molecule has 1 amide bonds. The normalized spacial score (nSPS) is 31.8. The van der Waals surface area contributed by atoms with Gasteiger partial charge in [0.2, 0.25) is 5.91 Å². The molecule has 4 aliphatic rings. The number of nitrogens with zero attached hydrogens (tertiary/aromatic N) is 2. The molecule has 1 aromatic rings. The molecule has 3 aliphatic heterocycles. The minimum absolute atomic E-state index is 0.0928. The van der Waals surface area contributed by atoms with Crippen molar-refractivity contribution in [1.82, 2.24) is 9.80 Å². The van der Waals surface area contributed by atoms with Crippen molar-refractivity contribution in [3.8, 4) is 0 Å². The number of rotatable bonds is 5. The number of hydrogen-bond acceptors (Lipinski definition) is 3. The first-order valence-electron chi connectivity index (χ1n) is 12.1. The van der Waals surface area contributed by atoms with Crippen LogP contribution in [0.25, 0.3) is 5.57 Å². The average Bonchev–Trinajstić information content (AvgIpc) is 3.52. The van der Waals surface area contributed by atoms with Crippen LogP contribution in [0.3, 0.4) is 0 Å². The molecule has 30 heavy (non-hydrogen) atoms. The number of fused-ring (bicyclic) bond motifs is 1. The minimum Gasteiger partial charge on any atom is -0.381 e. The molecule has 4 nitrogen and oxygen atoms in total. The first kappa shape index (κ1) is 20.3. The van der Waals surface area contributed by atoms with Crippen LogP contribution in [0.4, 0.5) is 0 Å². The van der Waals surface area contributed by atoms with E-state index >= 15 is 0 Å². The molecule has 4 heteroatoms. The van der Waals surface area contributed by atoms with E-state index < -0.39 is 0 Å². The zero-order valence-electron chi connectivity index (χ0n) is 18.4. The van der Waals surface area contributed by atoms with Gasteiger partial charge in [-0.25, -0.2) is 0 Å². The van der Waals surface area contributed by atoms with Gasteiger partial charge in [0.25, 0.3) is 0 Å². The zero-order valence-corrected chi connectivity index (χ0v) is 18.4. The third-order valence-electron chi connectivity index (χ3n) is 8.00. The summed E-state index contributed by atoms with van der Waals surface area (Å²) < 4.78 is 5.45. The molecule has 162 valence electrons. The highest BCUT2D eigenvalue weighted by Crippen LogP contribution is 2.42. The van der Waals surface area contributed by atoms with Crippen LogP contribution in [0, 0.1) is 17.8 Å². The van der Waals surface area contributed by atoms with Crippen LogP contribution < -0.4 is 0 Å². The lowest BCUT2D eigenvalue weighted by Crippen LogP contribution is -2.35. The summed E-state index contributed by atoms with van der Waals surface area (Å²) in [6.45, 7) is 7.98. The van der Waals surface area contributed by atoms with Gasteiger partial charge in [0.05, 0.1) is 12.5 Å². The second-order valence-electron chi connectivity index (χ2n) is 9.88. The SMILES string of the molecule is C[C@@H]1CCCN1CCc1ccc(C2=CCCC3CN(C(=O)C4CCOC4)CC23)cc1. The van der Waals surface area contributed by atoms with Gasteiger partial charge < -0.3 is 14.5 Å². The summed E-state index contributed by atoms with van der Waals surface area (Å²) in [6.07, 6.45) is 9.53. The quantitative estimate of drug-likeness (QED) is 0.738. The Morgan fingerprint density at radius 2 is 2.00 bits per heavy atom. The standard InChI is InChI=1S/C26H36N2O2/c1-19-4-3-13-27(19)14-11-20-7-9-21(10-8-20)24-6-2-5-22-16-28(17-25(22)24)26(29)23-12-15-30-18-23/h6-10,19,22-23,25H,2-5,11-18H2,1H3/t19-,22?,23?,25?/m1/s1. The largest absolute Gasteiger partial charge is 0.381 e. The lowest BCUT2D eigenvalue weighted by molar-refractivity contribution is -0.134. The number of carbonyl (C=O) groups excluding carboxylic acids is 1. The van der Waals surface area contributed by atoms with E-state index in [9.17, 15) is 4.79 Å². The molecular weight excluding hydrogens is 372 g/mol. The predicted octanol–water partition coefficient (Wildman–Crippen LogP) is 4.00. The van der Waals surface area contributed by atoms with E-state index in [4.69, 9.17) is 4.74 Å². The Kier molecular flexibility index (Phi) is 5.97. The lowest BCUT2D eigenvalue weighted by atomic mass is 9.78. The van der Waals surface area contributed by atoms with Gasteiger partial charge in [-0.05, 0) is 74.6 Å². The van der Waals surface area contributed by atoms with Crippen molar-refractivity contribution >= 4 is 11.5 Å². The molecule has 0 aromatic heterocycles. The fourth-order valence-corrected chi connectivity index (χ4v) is 6.08. The third-order valence-corrected chi connectivity index (χ3v) is 8.00. The van der Waals surface area contributed by atoms with Crippen LogP contribution in [0.2, 0.25) is 0 Å². The molecule has 3 saturated heterocycles. The Balaban J connectivity index is 1.22. The summed E-state index contributed by atoms with van der Waals surface area (Å²) in [5.41, 5.74) is 4.28. The molecule has 0 N–H and O–H groups in total. The van der Waals surface area contributed by atoms with Gasteiger partial charge in [0, 0.05) is 38.2 Å². The van der Waals surface area contributed by atoms with Crippen LogP contribution >= 0.6 is 0 Å². The highest BCUT2D eigenvalue weighted by Gasteiger charge is 2.41. The van der Waals surface area contributed by atoms with E-state index in [1.54, 1.807) is 0 Å². The molecule has 3 fully saturated rings. The molecule has 0 spiro atoms. The fourth-order valence-electron chi connectivity index (χ4n) is 6.08. The average molecular weight is 409 g/mol. The number of amides is 1. The summed E-state index contributed by atoms with van der Waals surface area (Å²) in [4.78, 5) is 17.7. The van der Waals surface area contributed by atoms with Crippen LogP contribution in [0.15, 0.2) is 30.3 Å². The molecule has 1 aromatic carbocycles. The first-order valence-corrected chi connectivity index (χ1v) is 12.1. The van der Waals surface area contributed by atoms with Crippen molar-refractivity contribution in [3.05, 3.63) is 41.5 Å². The number of benzene rings is 1. The zero-order chi connectivity index (χ0) is 20.5. The molecule has 5 rings (SSSR count). The van der Waals surface area contributed by atoms with Gasteiger partial charge in [-0.3, -0.25) is 4.79 Å². The van der Waals surface area contributed by atoms with Crippen molar-refractivity contribution < 1.29 is 9.53 Å². The van der Waals surface area contributed by atoms with Crippen molar-refractivity contribution in [2.75, 3.05) is 39.4 Å². The van der Waals surface area contributed by atoms with Gasteiger partial charge in [0.1, 0.15) is 0 Å². The Morgan fingerprint density at radius 3 is 2.73 bits per heavy atom. The molecule has 4 atom stereocenters. The summed E-state index contributed by atoms with van der Waals surface area (Å²) in [5, 5.41) is 0. The molecule has 0 saturated carbocycles. The number of likely N-dealkylation sites (tertiary alicyclic amines) is 2. The highest BCUT2D eigenvalue weighted by atomic mass is 16.5. The Labute approximate surface area is 181 Å². The van der Waals surface area contributed by atoms with Crippen LogP contribution in [-0.4, -0.2) is 61.1 Å². The minimum atomic E-state index is 0.0928. The first-order chi connectivity index (χ1) is 14.7. The van der Waals surface area contributed by atoms with E-state index in [0.717, 1.165) is 45.0 Å². The summed E-state index contributed by atoms with van der Waals surface area (Å²) >= 11 is 0. The number of ether oxygens (including phenoxy) is 1. The monoisotopic (exact) mass is 408 g/mol. The van der Waals surface area contributed by atoms with Crippen molar-refractivity contribution in [2.24, 2.45) is 17.8 Å². The summed E-state index contributed by atoms with van der Waals surface area (Å²) in [5.74, 6) is 1.54. The highest BCUT2D eigenvalue weighted by molar-refractivity contribution is 5.80. The van der Waals surface area contributed by atoms with Crippen LogP contribution in [0.5, 0.6) is 0 Å². The fraction of sp³-hybridized carbons (Fsp3) is 0.654. The number of carbonyl (C=O) groups is 1. The molecule has 1 aliphatic carbocycles. The van der Waals surface area contributed by atoms with E-state index in [1.165, 1.54) is 49.1 Å². The topological polar surface area (TPSA) is 32.8 Å². The van der Waals surface area contributed by atoms with Gasteiger partial charge in [-0.2, -0.15) is 0 Å². The van der Waals surface area contributed by atoms with E-state index in [1.807, 2.05) is 0 Å². The maximum atomic E-state index is 12.9. The molecular formula is C26H36N2O2.